The van der Waals surface area contributed by atoms with E-state index in [1.807, 2.05) is 0 Å². The van der Waals surface area contributed by atoms with E-state index in [9.17, 15) is 8.42 Å². The average molecular weight is 282 g/mol. The van der Waals surface area contributed by atoms with Gasteiger partial charge in [-0.25, -0.2) is 13.1 Å². The molecular weight excluding hydrogens is 268 g/mol. The van der Waals surface area contributed by atoms with Crippen LogP contribution in [0.5, 0.6) is 0 Å². The van der Waals surface area contributed by atoms with Gasteiger partial charge in [0.05, 0.1) is 4.90 Å². The fourth-order valence-electron chi connectivity index (χ4n) is 1.76. The molecule has 1 aromatic carbocycles. The molecule has 2 rings (SSSR count). The summed E-state index contributed by atoms with van der Waals surface area (Å²) in [4.78, 5) is 3.93. The lowest BCUT2D eigenvalue weighted by Crippen LogP contribution is -2.16. The molecule has 7 nitrogen and oxygen atoms in total. The van der Waals surface area contributed by atoms with Crippen molar-refractivity contribution in [2.24, 2.45) is 0 Å². The standard InChI is InChI=1S/C11H14N4O3S/c1-6-4-5-9(12)7(2)10(6)19(16,17)15-11-13-8(3)14-18-11/h4-5H,12H2,1-3H3,(H,13,14,15). The summed E-state index contributed by atoms with van der Waals surface area (Å²) in [5.74, 6) is 0.346. The third kappa shape index (κ3) is 2.53. The van der Waals surface area contributed by atoms with Gasteiger partial charge in [0.25, 0.3) is 10.0 Å². The molecule has 102 valence electrons. The van der Waals surface area contributed by atoms with E-state index in [0.29, 0.717) is 22.6 Å². The summed E-state index contributed by atoms with van der Waals surface area (Å²) in [6.07, 6.45) is 0. The second-order valence-corrected chi connectivity index (χ2v) is 5.80. The average Bonchev–Trinajstić information content (AvgIpc) is 2.68. The van der Waals surface area contributed by atoms with E-state index < -0.39 is 10.0 Å². The normalized spacial score (nSPS) is 11.5. The van der Waals surface area contributed by atoms with Crippen LogP contribution in [0.1, 0.15) is 17.0 Å². The monoisotopic (exact) mass is 282 g/mol. The Morgan fingerprint density at radius 3 is 2.53 bits per heavy atom. The molecule has 3 N–H and O–H groups in total. The number of sulfonamides is 1. The molecule has 0 saturated carbocycles. The number of nitrogens with one attached hydrogen (secondary N) is 1. The van der Waals surface area contributed by atoms with Crippen LogP contribution in [0.4, 0.5) is 11.7 Å². The van der Waals surface area contributed by atoms with Crippen molar-refractivity contribution in [3.63, 3.8) is 0 Å². The van der Waals surface area contributed by atoms with E-state index in [0.717, 1.165) is 0 Å². The summed E-state index contributed by atoms with van der Waals surface area (Å²) < 4.78 is 31.6. The summed E-state index contributed by atoms with van der Waals surface area (Å²) >= 11 is 0. The molecule has 1 heterocycles. The molecule has 0 aliphatic carbocycles. The van der Waals surface area contributed by atoms with Gasteiger partial charge in [-0.2, -0.15) is 4.98 Å². The first-order valence-electron chi connectivity index (χ1n) is 5.50. The lowest BCUT2D eigenvalue weighted by molar-refractivity contribution is 0.429. The molecule has 0 fully saturated rings. The smallest absolute Gasteiger partial charge is 0.335 e. The first-order valence-corrected chi connectivity index (χ1v) is 6.98. The third-order valence-corrected chi connectivity index (χ3v) is 4.27. The first kappa shape index (κ1) is 13.3. The largest absolute Gasteiger partial charge is 0.398 e. The minimum Gasteiger partial charge on any atom is -0.398 e. The third-order valence-electron chi connectivity index (χ3n) is 2.66. The number of hydrogen-bond acceptors (Lipinski definition) is 6. The molecule has 0 saturated heterocycles. The highest BCUT2D eigenvalue weighted by atomic mass is 32.2. The molecule has 0 aliphatic rings. The highest BCUT2D eigenvalue weighted by Crippen LogP contribution is 2.26. The van der Waals surface area contributed by atoms with Crippen molar-refractivity contribution < 1.29 is 12.9 Å². The lowest BCUT2D eigenvalue weighted by Gasteiger charge is -2.12. The zero-order valence-electron chi connectivity index (χ0n) is 10.8. The van der Waals surface area contributed by atoms with Gasteiger partial charge in [-0.05, 0) is 38.0 Å². The summed E-state index contributed by atoms with van der Waals surface area (Å²) in [5.41, 5.74) is 7.23. The Kier molecular flexibility index (Phi) is 3.19. The van der Waals surface area contributed by atoms with Crippen LogP contribution in [0, 0.1) is 20.8 Å². The SMILES string of the molecule is Cc1noc(NS(=O)(=O)c2c(C)ccc(N)c2C)n1. The van der Waals surface area contributed by atoms with E-state index in [-0.39, 0.29) is 10.9 Å². The maximum absolute atomic E-state index is 12.3. The van der Waals surface area contributed by atoms with Crippen LogP contribution < -0.4 is 10.5 Å². The fourth-order valence-corrected chi connectivity index (χ4v) is 3.19. The number of aryl methyl sites for hydroxylation is 2. The second-order valence-electron chi connectivity index (χ2n) is 4.18. The van der Waals surface area contributed by atoms with Crippen molar-refractivity contribution in [2.75, 3.05) is 10.5 Å². The Bertz CT molecular complexity index is 722. The van der Waals surface area contributed by atoms with Crippen LogP contribution in [-0.2, 0) is 10.0 Å². The Morgan fingerprint density at radius 1 is 1.26 bits per heavy atom. The lowest BCUT2D eigenvalue weighted by atomic mass is 10.1. The molecular formula is C11H14N4O3S. The Balaban J connectivity index is 2.48. The number of aromatic nitrogens is 2. The highest BCUT2D eigenvalue weighted by molar-refractivity contribution is 7.92. The van der Waals surface area contributed by atoms with E-state index in [1.54, 1.807) is 32.9 Å². The molecule has 0 spiro atoms. The second kappa shape index (κ2) is 4.54. The molecule has 0 amide bonds. The number of benzene rings is 1. The van der Waals surface area contributed by atoms with Crippen LogP contribution in [0.2, 0.25) is 0 Å². The molecule has 0 bridgehead atoms. The number of anilines is 2. The Morgan fingerprint density at radius 2 is 1.95 bits per heavy atom. The van der Waals surface area contributed by atoms with Gasteiger partial charge in [0, 0.05) is 5.69 Å². The topological polar surface area (TPSA) is 111 Å². The van der Waals surface area contributed by atoms with Gasteiger partial charge in [-0.15, -0.1) is 0 Å². The van der Waals surface area contributed by atoms with Gasteiger partial charge in [0.15, 0.2) is 5.82 Å². The molecule has 19 heavy (non-hydrogen) atoms. The summed E-state index contributed by atoms with van der Waals surface area (Å²) in [7, 11) is -3.81. The number of nitrogen functional groups attached to an aromatic ring is 1. The van der Waals surface area contributed by atoms with E-state index in [2.05, 4.69) is 14.9 Å². The van der Waals surface area contributed by atoms with Crippen LogP contribution in [0.15, 0.2) is 21.6 Å². The fraction of sp³-hybridized carbons (Fsp3) is 0.273. The van der Waals surface area contributed by atoms with Crippen molar-refractivity contribution in [1.29, 1.82) is 0 Å². The van der Waals surface area contributed by atoms with Crippen molar-refractivity contribution in [2.45, 2.75) is 25.7 Å². The number of nitrogens with two attached hydrogens (primary N) is 1. The van der Waals surface area contributed by atoms with Crippen LogP contribution in [0.25, 0.3) is 0 Å². The van der Waals surface area contributed by atoms with Crippen molar-refractivity contribution in [1.82, 2.24) is 10.1 Å². The maximum atomic E-state index is 12.3. The maximum Gasteiger partial charge on any atom is 0.335 e. The minimum absolute atomic E-state index is 0.128. The van der Waals surface area contributed by atoms with Gasteiger partial charge in [-0.3, -0.25) is 0 Å². The van der Waals surface area contributed by atoms with Gasteiger partial charge in [0.1, 0.15) is 0 Å². The van der Waals surface area contributed by atoms with Crippen LogP contribution in [0.3, 0.4) is 0 Å². The molecule has 1 aromatic heterocycles. The summed E-state index contributed by atoms with van der Waals surface area (Å²) in [6.45, 7) is 4.94. The molecule has 0 aliphatic heterocycles. The minimum atomic E-state index is -3.81. The van der Waals surface area contributed by atoms with Crippen LogP contribution >= 0.6 is 0 Å². The molecule has 8 heteroatoms. The Labute approximate surface area is 110 Å². The van der Waals surface area contributed by atoms with Crippen LogP contribution in [-0.4, -0.2) is 18.6 Å². The van der Waals surface area contributed by atoms with Crippen molar-refractivity contribution in [3.8, 4) is 0 Å². The molecule has 0 atom stereocenters. The zero-order valence-corrected chi connectivity index (χ0v) is 11.6. The van der Waals surface area contributed by atoms with E-state index in [4.69, 9.17) is 10.3 Å². The number of nitrogens with zero attached hydrogens (tertiary/aromatic N) is 2. The van der Waals surface area contributed by atoms with E-state index >= 15 is 0 Å². The quantitative estimate of drug-likeness (QED) is 0.823. The van der Waals surface area contributed by atoms with Gasteiger partial charge >= 0.3 is 6.01 Å². The first-order chi connectivity index (χ1) is 8.81. The summed E-state index contributed by atoms with van der Waals surface area (Å²) in [5, 5.41) is 3.52. The molecule has 2 aromatic rings. The predicted molar refractivity (Wildman–Crippen MR) is 70.2 cm³/mol. The van der Waals surface area contributed by atoms with Crippen molar-refractivity contribution >= 4 is 21.7 Å². The van der Waals surface area contributed by atoms with Gasteiger partial charge in [0.2, 0.25) is 0 Å². The highest BCUT2D eigenvalue weighted by Gasteiger charge is 2.23. The van der Waals surface area contributed by atoms with E-state index in [1.165, 1.54) is 0 Å². The van der Waals surface area contributed by atoms with Crippen molar-refractivity contribution in [3.05, 3.63) is 29.1 Å². The van der Waals surface area contributed by atoms with Gasteiger partial charge in [-0.1, -0.05) is 11.2 Å². The van der Waals surface area contributed by atoms with Gasteiger partial charge < -0.3 is 10.3 Å². The molecule has 0 unspecified atom stereocenters. The predicted octanol–water partition coefficient (Wildman–Crippen LogP) is 1.38. The molecule has 0 radical (unpaired) electrons. The Hall–Kier alpha value is -2.09. The number of rotatable bonds is 3. The zero-order chi connectivity index (χ0) is 14.2. The summed E-state index contributed by atoms with van der Waals surface area (Å²) in [6, 6.07) is 3.15. The number of hydrogen-bond donors (Lipinski definition) is 2.